The summed E-state index contributed by atoms with van der Waals surface area (Å²) >= 11 is 0. The molecule has 0 heterocycles. The van der Waals surface area contributed by atoms with Gasteiger partial charge in [-0.1, -0.05) is 18.2 Å². The summed E-state index contributed by atoms with van der Waals surface area (Å²) in [6, 6.07) is 4.89. The molecule has 2 N–H and O–H groups in total. The zero-order valence-electron chi connectivity index (χ0n) is 12.2. The van der Waals surface area contributed by atoms with Gasteiger partial charge in [-0.15, -0.1) is 0 Å². The lowest BCUT2D eigenvalue weighted by Crippen LogP contribution is -2.20. The van der Waals surface area contributed by atoms with Crippen LogP contribution >= 0.6 is 0 Å². The van der Waals surface area contributed by atoms with Crippen LogP contribution in [0.2, 0.25) is 0 Å². The summed E-state index contributed by atoms with van der Waals surface area (Å²) in [7, 11) is -2.15. The topological polar surface area (TPSA) is 75.3 Å². The van der Waals surface area contributed by atoms with Gasteiger partial charge in [-0.25, -0.2) is 13.1 Å². The molecule has 1 aliphatic rings. The molecule has 0 aromatic heterocycles. The summed E-state index contributed by atoms with van der Waals surface area (Å²) in [6.07, 6.45) is 6.60. The number of anilines is 1. The lowest BCUT2D eigenvalue weighted by atomic mass is 10.1. The maximum atomic E-state index is 12.0. The number of sulfonamides is 1. The molecule has 1 aromatic rings. The first-order chi connectivity index (χ1) is 9.92. The van der Waals surface area contributed by atoms with E-state index in [1.54, 1.807) is 19.1 Å². The molecular weight excluding hydrogens is 288 g/mol. The Labute approximate surface area is 125 Å². The van der Waals surface area contributed by atoms with Gasteiger partial charge in [0.25, 0.3) is 0 Å². The summed E-state index contributed by atoms with van der Waals surface area (Å²) in [4.78, 5) is 12.2. The van der Waals surface area contributed by atoms with E-state index in [1.165, 1.54) is 13.1 Å². The molecule has 0 aliphatic heterocycles. The highest BCUT2D eigenvalue weighted by molar-refractivity contribution is 7.89. The van der Waals surface area contributed by atoms with Gasteiger partial charge >= 0.3 is 0 Å². The van der Waals surface area contributed by atoms with Gasteiger partial charge in [0, 0.05) is 12.1 Å². The van der Waals surface area contributed by atoms with Crippen molar-refractivity contribution in [1.82, 2.24) is 4.72 Å². The number of rotatable bonds is 5. The number of benzene rings is 1. The smallest absolute Gasteiger partial charge is 0.240 e. The van der Waals surface area contributed by atoms with E-state index in [0.717, 1.165) is 12.8 Å². The molecule has 1 amide bonds. The average molecular weight is 308 g/mol. The molecule has 114 valence electrons. The Balaban J connectivity index is 2.12. The van der Waals surface area contributed by atoms with E-state index >= 15 is 0 Å². The number of aryl methyl sites for hydroxylation is 1. The second-order valence-corrected chi connectivity index (χ2v) is 7.06. The van der Waals surface area contributed by atoms with Gasteiger partial charge < -0.3 is 5.32 Å². The third-order valence-corrected chi connectivity index (χ3v) is 5.15. The van der Waals surface area contributed by atoms with E-state index in [4.69, 9.17) is 0 Å². The van der Waals surface area contributed by atoms with Crippen molar-refractivity contribution in [2.45, 2.75) is 31.1 Å². The van der Waals surface area contributed by atoms with Gasteiger partial charge in [0.05, 0.1) is 4.90 Å². The van der Waals surface area contributed by atoms with Crippen molar-refractivity contribution < 1.29 is 13.2 Å². The Hall–Kier alpha value is -1.66. The van der Waals surface area contributed by atoms with Crippen molar-refractivity contribution in [2.75, 3.05) is 12.4 Å². The van der Waals surface area contributed by atoms with Crippen molar-refractivity contribution >= 4 is 21.6 Å². The highest BCUT2D eigenvalue weighted by Crippen LogP contribution is 2.23. The molecule has 2 rings (SSSR count). The summed E-state index contributed by atoms with van der Waals surface area (Å²) < 4.78 is 26.1. The number of amides is 1. The van der Waals surface area contributed by atoms with Crippen LogP contribution in [0.4, 0.5) is 5.69 Å². The number of hydrogen-bond donors (Lipinski definition) is 2. The van der Waals surface area contributed by atoms with E-state index in [0.29, 0.717) is 17.7 Å². The summed E-state index contributed by atoms with van der Waals surface area (Å²) in [5.41, 5.74) is 1.14. The van der Waals surface area contributed by atoms with Crippen LogP contribution < -0.4 is 10.0 Å². The number of allylic oxidation sites excluding steroid dienone is 2. The van der Waals surface area contributed by atoms with E-state index in [-0.39, 0.29) is 16.7 Å². The molecule has 5 nitrogen and oxygen atoms in total. The molecule has 0 spiro atoms. The predicted molar refractivity (Wildman–Crippen MR) is 82.5 cm³/mol. The molecule has 0 unspecified atom stereocenters. The van der Waals surface area contributed by atoms with Crippen molar-refractivity contribution in [3.8, 4) is 0 Å². The van der Waals surface area contributed by atoms with Crippen LogP contribution in [0.15, 0.2) is 35.2 Å². The molecule has 0 saturated heterocycles. The fourth-order valence-electron chi connectivity index (χ4n) is 2.39. The minimum absolute atomic E-state index is 0.0943. The van der Waals surface area contributed by atoms with E-state index in [9.17, 15) is 13.2 Å². The number of hydrogen-bond acceptors (Lipinski definition) is 3. The van der Waals surface area contributed by atoms with Gasteiger partial charge in [0.15, 0.2) is 0 Å². The lowest BCUT2D eigenvalue weighted by Gasteiger charge is -2.11. The zero-order valence-corrected chi connectivity index (χ0v) is 13.0. The standard InChI is InChI=1S/C15H20N2O3S/c1-11-7-8-13(10-14(11)21(19,20)16-2)17-15(18)9-12-5-3-4-6-12/h3,5,7-8,10,12,16H,4,6,9H2,1-2H3,(H,17,18)/t12-/m1/s1. The number of nitrogens with one attached hydrogen (secondary N) is 2. The third kappa shape index (κ3) is 3.92. The van der Waals surface area contributed by atoms with Crippen molar-refractivity contribution in [3.63, 3.8) is 0 Å². The second kappa shape index (κ2) is 6.41. The van der Waals surface area contributed by atoms with Crippen LogP contribution in [-0.4, -0.2) is 21.4 Å². The molecule has 1 atom stereocenters. The Morgan fingerprint density at radius 1 is 1.38 bits per heavy atom. The first-order valence-corrected chi connectivity index (χ1v) is 8.41. The largest absolute Gasteiger partial charge is 0.326 e. The monoisotopic (exact) mass is 308 g/mol. The Morgan fingerprint density at radius 3 is 2.76 bits per heavy atom. The summed E-state index contributed by atoms with van der Waals surface area (Å²) in [6.45, 7) is 1.72. The van der Waals surface area contributed by atoms with Crippen LogP contribution in [0, 0.1) is 12.8 Å². The molecule has 6 heteroatoms. The summed E-state index contributed by atoms with van der Waals surface area (Å²) in [5, 5.41) is 2.77. The van der Waals surface area contributed by atoms with Crippen molar-refractivity contribution in [1.29, 1.82) is 0 Å². The van der Waals surface area contributed by atoms with Gasteiger partial charge in [0.1, 0.15) is 0 Å². The molecule has 1 aliphatic carbocycles. The van der Waals surface area contributed by atoms with Crippen molar-refractivity contribution in [2.24, 2.45) is 5.92 Å². The normalized spacial score (nSPS) is 17.9. The number of carbonyl (C=O) groups is 1. The van der Waals surface area contributed by atoms with E-state index in [2.05, 4.69) is 22.2 Å². The Kier molecular flexibility index (Phi) is 4.80. The molecule has 1 aromatic carbocycles. The molecule has 21 heavy (non-hydrogen) atoms. The Morgan fingerprint density at radius 2 is 2.14 bits per heavy atom. The minimum Gasteiger partial charge on any atom is -0.326 e. The predicted octanol–water partition coefficient (Wildman–Crippen LogP) is 2.20. The fraction of sp³-hybridized carbons (Fsp3) is 0.400. The van der Waals surface area contributed by atoms with Crippen LogP contribution in [0.25, 0.3) is 0 Å². The average Bonchev–Trinajstić information content (AvgIpc) is 2.93. The minimum atomic E-state index is -3.52. The molecule has 0 fully saturated rings. The van der Waals surface area contributed by atoms with Crippen LogP contribution in [-0.2, 0) is 14.8 Å². The van der Waals surface area contributed by atoms with Crippen molar-refractivity contribution in [3.05, 3.63) is 35.9 Å². The lowest BCUT2D eigenvalue weighted by molar-refractivity contribution is -0.116. The highest BCUT2D eigenvalue weighted by Gasteiger charge is 2.17. The second-order valence-electron chi connectivity index (χ2n) is 5.21. The van der Waals surface area contributed by atoms with Crippen LogP contribution in [0.1, 0.15) is 24.8 Å². The van der Waals surface area contributed by atoms with Gasteiger partial charge in [-0.05, 0) is 50.4 Å². The number of carbonyl (C=O) groups excluding carboxylic acids is 1. The first kappa shape index (κ1) is 15.7. The molecule has 0 radical (unpaired) electrons. The molecule has 0 bridgehead atoms. The molecular formula is C15H20N2O3S. The summed E-state index contributed by atoms with van der Waals surface area (Å²) in [5.74, 6) is 0.194. The highest BCUT2D eigenvalue weighted by atomic mass is 32.2. The Bertz CT molecular complexity index is 665. The fourth-order valence-corrected chi connectivity index (χ4v) is 3.39. The maximum Gasteiger partial charge on any atom is 0.240 e. The molecule has 0 saturated carbocycles. The van der Waals surface area contributed by atoms with E-state index in [1.807, 2.05) is 0 Å². The zero-order chi connectivity index (χ0) is 15.5. The van der Waals surface area contributed by atoms with Gasteiger partial charge in [-0.3, -0.25) is 4.79 Å². The van der Waals surface area contributed by atoms with Crippen LogP contribution in [0.5, 0.6) is 0 Å². The third-order valence-electron chi connectivity index (χ3n) is 3.59. The quantitative estimate of drug-likeness (QED) is 0.819. The maximum absolute atomic E-state index is 12.0. The van der Waals surface area contributed by atoms with Gasteiger partial charge in [0.2, 0.25) is 15.9 Å². The van der Waals surface area contributed by atoms with E-state index < -0.39 is 10.0 Å². The van der Waals surface area contributed by atoms with Crippen LogP contribution in [0.3, 0.4) is 0 Å². The first-order valence-electron chi connectivity index (χ1n) is 6.93. The SMILES string of the molecule is CNS(=O)(=O)c1cc(NC(=O)C[C@@H]2C=CCC2)ccc1C. The van der Waals surface area contributed by atoms with Gasteiger partial charge in [-0.2, -0.15) is 0 Å².